The molecule has 0 aliphatic rings. The molecule has 6 rings (SSSR count). The lowest BCUT2D eigenvalue weighted by molar-refractivity contribution is 0.911. The van der Waals surface area contributed by atoms with Crippen molar-refractivity contribution in [2.45, 2.75) is 13.3 Å². The highest BCUT2D eigenvalue weighted by atomic mass is 35.5. The predicted molar refractivity (Wildman–Crippen MR) is 143 cm³/mol. The van der Waals surface area contributed by atoms with Crippen LogP contribution in [0.4, 0.5) is 5.69 Å². The van der Waals surface area contributed by atoms with E-state index >= 15 is 0 Å². The number of halogens is 1. The van der Waals surface area contributed by atoms with Gasteiger partial charge in [-0.1, -0.05) is 71.8 Å². The van der Waals surface area contributed by atoms with Crippen molar-refractivity contribution in [2.24, 2.45) is 4.99 Å². The molecule has 0 N–H and O–H groups in total. The van der Waals surface area contributed by atoms with Crippen molar-refractivity contribution in [1.29, 1.82) is 0 Å². The molecule has 4 nitrogen and oxygen atoms in total. The second-order valence-electron chi connectivity index (χ2n) is 8.66. The lowest BCUT2D eigenvalue weighted by Gasteiger charge is -2.09. The Balaban J connectivity index is 1.72. The Morgan fingerprint density at radius 1 is 0.800 bits per heavy atom. The maximum atomic E-state index is 6.21. The minimum absolute atomic E-state index is 0.654. The molecule has 6 aromatic rings. The van der Waals surface area contributed by atoms with E-state index in [2.05, 4.69) is 70.6 Å². The molecule has 0 radical (unpaired) electrons. The Morgan fingerprint density at radius 3 is 2.29 bits per heavy atom. The molecule has 0 unspecified atom stereocenters. The van der Waals surface area contributed by atoms with E-state index in [4.69, 9.17) is 21.6 Å². The highest BCUT2D eigenvalue weighted by Gasteiger charge is 2.16. The molecule has 5 heteroatoms. The smallest absolute Gasteiger partial charge is 0.236 e. The van der Waals surface area contributed by atoms with Gasteiger partial charge in [0.05, 0.1) is 11.2 Å². The fraction of sp³-hybridized carbons (Fsp3) is 0.0667. The SMILES string of the molecule is Cc1ccc(N=c2nc3ccccc3c3n(-c4ccc(Cl)cc4)cc(Cc4ccccc4)n23)cc1. The van der Waals surface area contributed by atoms with Crippen LogP contribution in [0.5, 0.6) is 0 Å². The molecule has 0 fully saturated rings. The second-order valence-corrected chi connectivity index (χ2v) is 9.10. The highest BCUT2D eigenvalue weighted by molar-refractivity contribution is 6.30. The summed E-state index contributed by atoms with van der Waals surface area (Å²) in [6.07, 6.45) is 2.94. The van der Waals surface area contributed by atoms with Crippen LogP contribution in [-0.4, -0.2) is 14.0 Å². The number of aromatic nitrogens is 3. The first-order chi connectivity index (χ1) is 17.2. The third-order valence-corrected chi connectivity index (χ3v) is 6.42. The van der Waals surface area contributed by atoms with E-state index in [1.807, 2.05) is 54.6 Å². The van der Waals surface area contributed by atoms with E-state index in [1.165, 1.54) is 11.1 Å². The standard InChI is InChI=1S/C30H23ClN4/c1-21-11-15-24(16-12-21)32-30-33-28-10-6-5-9-27(28)29-34(25-17-13-23(31)14-18-25)20-26(35(29)30)19-22-7-3-2-4-8-22/h2-18,20H,19H2,1H3. The molecule has 35 heavy (non-hydrogen) atoms. The topological polar surface area (TPSA) is 34.6 Å². The summed E-state index contributed by atoms with van der Waals surface area (Å²) in [6, 6.07) is 34.9. The normalized spacial score (nSPS) is 12.0. The lowest BCUT2D eigenvalue weighted by Crippen LogP contribution is -2.20. The molecule has 2 heterocycles. The summed E-state index contributed by atoms with van der Waals surface area (Å²) in [5.41, 5.74) is 8.01. The summed E-state index contributed by atoms with van der Waals surface area (Å²) in [7, 11) is 0. The van der Waals surface area contributed by atoms with Gasteiger partial charge in [0, 0.05) is 34.4 Å². The van der Waals surface area contributed by atoms with Gasteiger partial charge in [0.15, 0.2) is 0 Å². The number of fused-ring (bicyclic) bond motifs is 3. The first-order valence-corrected chi connectivity index (χ1v) is 12.0. The van der Waals surface area contributed by atoms with Crippen LogP contribution in [0.3, 0.4) is 0 Å². The van der Waals surface area contributed by atoms with Crippen LogP contribution in [-0.2, 0) is 6.42 Å². The molecule has 0 amide bonds. The fourth-order valence-corrected chi connectivity index (χ4v) is 4.57. The van der Waals surface area contributed by atoms with Gasteiger partial charge >= 0.3 is 0 Å². The number of hydrogen-bond donors (Lipinski definition) is 0. The van der Waals surface area contributed by atoms with Gasteiger partial charge < -0.3 is 4.57 Å². The maximum absolute atomic E-state index is 6.21. The largest absolute Gasteiger partial charge is 0.301 e. The Hall–Kier alpha value is -4.15. The van der Waals surface area contributed by atoms with E-state index in [0.717, 1.165) is 40.0 Å². The van der Waals surface area contributed by atoms with Gasteiger partial charge in [0.25, 0.3) is 0 Å². The summed E-state index contributed by atoms with van der Waals surface area (Å²) in [5.74, 6) is 0. The van der Waals surface area contributed by atoms with E-state index in [9.17, 15) is 0 Å². The van der Waals surface area contributed by atoms with Gasteiger partial charge in [-0.25, -0.2) is 9.98 Å². The summed E-state index contributed by atoms with van der Waals surface area (Å²) in [5, 5.41) is 1.77. The van der Waals surface area contributed by atoms with Crippen molar-refractivity contribution in [3.8, 4) is 5.69 Å². The van der Waals surface area contributed by atoms with Crippen LogP contribution in [0.2, 0.25) is 5.02 Å². The second kappa shape index (κ2) is 8.90. The van der Waals surface area contributed by atoms with E-state index in [1.54, 1.807) is 0 Å². The van der Waals surface area contributed by atoms with Crippen molar-refractivity contribution < 1.29 is 0 Å². The Labute approximate surface area is 208 Å². The average Bonchev–Trinajstić information content (AvgIpc) is 3.26. The van der Waals surface area contributed by atoms with Crippen LogP contribution >= 0.6 is 11.6 Å². The third-order valence-electron chi connectivity index (χ3n) is 6.17. The number of rotatable bonds is 4. The van der Waals surface area contributed by atoms with Crippen LogP contribution in [0.15, 0.2) is 114 Å². The highest BCUT2D eigenvalue weighted by Crippen LogP contribution is 2.25. The molecule has 2 aromatic heterocycles. The third kappa shape index (κ3) is 4.13. The summed E-state index contributed by atoms with van der Waals surface area (Å²) < 4.78 is 4.40. The number of imidazole rings is 1. The Bertz CT molecular complexity index is 1710. The number of nitrogens with zero attached hydrogens (tertiary/aromatic N) is 4. The van der Waals surface area contributed by atoms with Gasteiger partial charge in [-0.15, -0.1) is 0 Å². The van der Waals surface area contributed by atoms with Crippen LogP contribution in [0, 0.1) is 6.92 Å². The molecule has 4 aromatic carbocycles. The molecular weight excluding hydrogens is 452 g/mol. The van der Waals surface area contributed by atoms with Gasteiger partial charge in [0.1, 0.15) is 5.65 Å². The zero-order valence-electron chi connectivity index (χ0n) is 19.3. The fourth-order valence-electron chi connectivity index (χ4n) is 4.44. The van der Waals surface area contributed by atoms with E-state index in [-0.39, 0.29) is 0 Å². The molecule has 0 saturated carbocycles. The lowest BCUT2D eigenvalue weighted by atomic mass is 10.1. The van der Waals surface area contributed by atoms with Crippen LogP contribution in [0.25, 0.3) is 22.2 Å². The molecule has 0 bridgehead atoms. The molecule has 0 aliphatic heterocycles. The number of aryl methyl sites for hydroxylation is 1. The van der Waals surface area contributed by atoms with Gasteiger partial charge in [-0.3, -0.25) is 4.40 Å². The molecular formula is C30H23ClN4. The number of benzene rings is 4. The Kier molecular flexibility index (Phi) is 5.44. The van der Waals surface area contributed by atoms with Crippen LogP contribution in [0.1, 0.15) is 16.8 Å². The van der Waals surface area contributed by atoms with E-state index < -0.39 is 0 Å². The van der Waals surface area contributed by atoms with Crippen molar-refractivity contribution in [3.63, 3.8) is 0 Å². The van der Waals surface area contributed by atoms with Crippen molar-refractivity contribution >= 4 is 33.8 Å². The monoisotopic (exact) mass is 474 g/mol. The molecule has 0 aliphatic carbocycles. The summed E-state index contributed by atoms with van der Waals surface area (Å²) in [6.45, 7) is 2.08. The number of hydrogen-bond acceptors (Lipinski definition) is 2. The molecule has 0 atom stereocenters. The first-order valence-electron chi connectivity index (χ1n) is 11.6. The summed E-state index contributed by atoms with van der Waals surface area (Å²) in [4.78, 5) is 10.0. The molecule has 0 spiro atoms. The van der Waals surface area contributed by atoms with Gasteiger partial charge in [-0.05, 0) is 61.0 Å². The zero-order chi connectivity index (χ0) is 23.8. The molecule has 0 saturated heterocycles. The van der Waals surface area contributed by atoms with E-state index in [0.29, 0.717) is 10.6 Å². The van der Waals surface area contributed by atoms with Crippen LogP contribution < -0.4 is 5.62 Å². The predicted octanol–water partition coefficient (Wildman–Crippen LogP) is 7.06. The Morgan fingerprint density at radius 2 is 1.51 bits per heavy atom. The first kappa shape index (κ1) is 21.4. The number of para-hydroxylation sites is 1. The van der Waals surface area contributed by atoms with Gasteiger partial charge in [0.2, 0.25) is 5.62 Å². The zero-order valence-corrected chi connectivity index (χ0v) is 20.0. The van der Waals surface area contributed by atoms with Crippen molar-refractivity contribution in [2.75, 3.05) is 0 Å². The van der Waals surface area contributed by atoms with Crippen molar-refractivity contribution in [3.05, 3.63) is 137 Å². The van der Waals surface area contributed by atoms with Crippen molar-refractivity contribution in [1.82, 2.24) is 14.0 Å². The minimum Gasteiger partial charge on any atom is -0.301 e. The minimum atomic E-state index is 0.654. The maximum Gasteiger partial charge on any atom is 0.236 e. The van der Waals surface area contributed by atoms with Gasteiger partial charge in [-0.2, -0.15) is 0 Å². The molecule has 170 valence electrons. The summed E-state index contributed by atoms with van der Waals surface area (Å²) >= 11 is 6.21. The quantitative estimate of drug-likeness (QED) is 0.269. The average molecular weight is 475 g/mol.